The van der Waals surface area contributed by atoms with Crippen LogP contribution in [0.3, 0.4) is 0 Å². The van der Waals surface area contributed by atoms with Gasteiger partial charge in [0.05, 0.1) is 6.54 Å². The van der Waals surface area contributed by atoms with E-state index in [0.29, 0.717) is 13.1 Å². The predicted octanol–water partition coefficient (Wildman–Crippen LogP) is 4.31. The number of aryl methyl sites for hydroxylation is 1. The van der Waals surface area contributed by atoms with Gasteiger partial charge in [0, 0.05) is 36.8 Å². The first-order valence-electron chi connectivity index (χ1n) is 10.5. The van der Waals surface area contributed by atoms with Crippen LogP contribution in [0.5, 0.6) is 0 Å². The van der Waals surface area contributed by atoms with Gasteiger partial charge in [-0.05, 0) is 47.7 Å². The number of fused-ring (bicyclic) bond motifs is 3. The van der Waals surface area contributed by atoms with Crippen molar-refractivity contribution in [3.63, 3.8) is 0 Å². The summed E-state index contributed by atoms with van der Waals surface area (Å²) in [7, 11) is 0. The first-order valence-corrected chi connectivity index (χ1v) is 10.5. The smallest absolute Gasteiger partial charge is 0.257 e. The first kappa shape index (κ1) is 18.8. The van der Waals surface area contributed by atoms with E-state index >= 15 is 0 Å². The topological polar surface area (TPSA) is 38.1 Å². The van der Waals surface area contributed by atoms with Crippen LogP contribution in [0.4, 0.5) is 0 Å². The SMILES string of the molecule is Cc1ccccc1CN1CCc2c(c(=O)n(Cc3ccccc3)c3ncccc23)C1. The highest BCUT2D eigenvalue weighted by molar-refractivity contribution is 5.80. The fourth-order valence-corrected chi connectivity index (χ4v) is 4.50. The second-order valence-electron chi connectivity index (χ2n) is 8.10. The number of benzene rings is 2. The fourth-order valence-electron chi connectivity index (χ4n) is 4.50. The standard InChI is InChI=1S/C26H25N3O/c1-19-8-5-6-11-21(19)17-28-15-13-22-23-12-7-14-27-25(23)29(26(30)24(22)18-28)16-20-9-3-2-4-10-20/h2-12,14H,13,15-18H2,1H3. The Morgan fingerprint density at radius 2 is 1.70 bits per heavy atom. The van der Waals surface area contributed by atoms with Gasteiger partial charge in [0.2, 0.25) is 0 Å². The molecule has 0 unspecified atom stereocenters. The van der Waals surface area contributed by atoms with Crippen LogP contribution in [-0.2, 0) is 26.1 Å². The normalized spacial score (nSPS) is 14.0. The van der Waals surface area contributed by atoms with Gasteiger partial charge in [-0.15, -0.1) is 0 Å². The van der Waals surface area contributed by atoms with Gasteiger partial charge < -0.3 is 0 Å². The zero-order valence-electron chi connectivity index (χ0n) is 17.2. The van der Waals surface area contributed by atoms with Crippen molar-refractivity contribution in [3.8, 4) is 0 Å². The lowest BCUT2D eigenvalue weighted by molar-refractivity contribution is 0.244. The summed E-state index contributed by atoms with van der Waals surface area (Å²) in [5, 5.41) is 1.11. The number of aromatic nitrogens is 2. The molecular formula is C26H25N3O. The largest absolute Gasteiger partial charge is 0.294 e. The lowest BCUT2D eigenvalue weighted by Gasteiger charge is -2.30. The monoisotopic (exact) mass is 395 g/mol. The predicted molar refractivity (Wildman–Crippen MR) is 121 cm³/mol. The Kier molecular flexibility index (Phi) is 4.93. The molecule has 0 fully saturated rings. The molecule has 4 nitrogen and oxygen atoms in total. The van der Waals surface area contributed by atoms with Crippen molar-refractivity contribution in [2.24, 2.45) is 0 Å². The zero-order valence-corrected chi connectivity index (χ0v) is 17.2. The van der Waals surface area contributed by atoms with Gasteiger partial charge in [0.1, 0.15) is 5.65 Å². The highest BCUT2D eigenvalue weighted by Crippen LogP contribution is 2.26. The van der Waals surface area contributed by atoms with Crippen molar-refractivity contribution in [1.82, 2.24) is 14.5 Å². The van der Waals surface area contributed by atoms with Gasteiger partial charge in [-0.2, -0.15) is 0 Å². The van der Waals surface area contributed by atoms with E-state index in [9.17, 15) is 4.79 Å². The van der Waals surface area contributed by atoms with Crippen LogP contribution >= 0.6 is 0 Å². The second kappa shape index (κ2) is 7.88. The zero-order chi connectivity index (χ0) is 20.5. The molecule has 3 heterocycles. The minimum atomic E-state index is 0.0922. The molecule has 0 spiro atoms. The number of hydrogen-bond acceptors (Lipinski definition) is 3. The lowest BCUT2D eigenvalue weighted by atomic mass is 9.96. The lowest BCUT2D eigenvalue weighted by Crippen LogP contribution is -2.37. The summed E-state index contributed by atoms with van der Waals surface area (Å²) in [6, 6.07) is 22.7. The highest BCUT2D eigenvalue weighted by atomic mass is 16.1. The summed E-state index contributed by atoms with van der Waals surface area (Å²) in [5.74, 6) is 0. The van der Waals surface area contributed by atoms with Crippen molar-refractivity contribution in [2.75, 3.05) is 6.54 Å². The minimum absolute atomic E-state index is 0.0922. The van der Waals surface area contributed by atoms with Gasteiger partial charge in [-0.25, -0.2) is 4.98 Å². The Morgan fingerprint density at radius 3 is 2.53 bits per heavy atom. The molecule has 1 aliphatic rings. The summed E-state index contributed by atoms with van der Waals surface area (Å²) >= 11 is 0. The molecule has 0 amide bonds. The minimum Gasteiger partial charge on any atom is -0.294 e. The fraction of sp³-hybridized carbons (Fsp3) is 0.231. The molecular weight excluding hydrogens is 370 g/mol. The average Bonchev–Trinajstić information content (AvgIpc) is 2.79. The molecule has 2 aromatic heterocycles. The molecule has 4 aromatic rings. The summed E-state index contributed by atoms with van der Waals surface area (Å²) in [6.45, 7) is 5.20. The van der Waals surface area contributed by atoms with Crippen LogP contribution < -0.4 is 5.56 Å². The molecule has 2 aromatic carbocycles. The van der Waals surface area contributed by atoms with E-state index in [0.717, 1.165) is 41.7 Å². The van der Waals surface area contributed by atoms with E-state index in [4.69, 9.17) is 0 Å². The molecule has 0 radical (unpaired) electrons. The van der Waals surface area contributed by atoms with E-state index < -0.39 is 0 Å². The van der Waals surface area contributed by atoms with Crippen molar-refractivity contribution in [2.45, 2.75) is 33.0 Å². The third-order valence-corrected chi connectivity index (χ3v) is 6.13. The molecule has 150 valence electrons. The number of rotatable bonds is 4. The number of hydrogen-bond donors (Lipinski definition) is 0. The van der Waals surface area contributed by atoms with Crippen LogP contribution in [0.15, 0.2) is 77.7 Å². The highest BCUT2D eigenvalue weighted by Gasteiger charge is 2.24. The Bertz CT molecular complexity index is 1260. The van der Waals surface area contributed by atoms with Crippen molar-refractivity contribution in [3.05, 3.63) is 111 Å². The molecule has 0 N–H and O–H groups in total. The van der Waals surface area contributed by atoms with Gasteiger partial charge in [0.25, 0.3) is 5.56 Å². The van der Waals surface area contributed by atoms with Gasteiger partial charge >= 0.3 is 0 Å². The van der Waals surface area contributed by atoms with Crippen molar-refractivity contribution < 1.29 is 0 Å². The van der Waals surface area contributed by atoms with E-state index in [-0.39, 0.29) is 5.56 Å². The Labute approximate surface area is 176 Å². The summed E-state index contributed by atoms with van der Waals surface area (Å²) in [6.07, 6.45) is 2.66. The maximum atomic E-state index is 13.6. The van der Waals surface area contributed by atoms with Crippen molar-refractivity contribution >= 4 is 11.0 Å². The van der Waals surface area contributed by atoms with Gasteiger partial charge in [-0.1, -0.05) is 54.6 Å². The molecule has 4 heteroatoms. The maximum Gasteiger partial charge on any atom is 0.257 e. The van der Waals surface area contributed by atoms with Crippen LogP contribution in [0.2, 0.25) is 0 Å². The molecule has 30 heavy (non-hydrogen) atoms. The summed E-state index contributed by atoms with van der Waals surface area (Å²) in [5.41, 5.74) is 6.71. The first-order chi connectivity index (χ1) is 14.7. The van der Waals surface area contributed by atoms with E-state index in [1.54, 1.807) is 6.20 Å². The second-order valence-corrected chi connectivity index (χ2v) is 8.10. The number of nitrogens with zero attached hydrogens (tertiary/aromatic N) is 3. The maximum absolute atomic E-state index is 13.6. The van der Waals surface area contributed by atoms with Crippen LogP contribution in [0.25, 0.3) is 11.0 Å². The van der Waals surface area contributed by atoms with Crippen LogP contribution in [0, 0.1) is 6.92 Å². The molecule has 0 atom stereocenters. The average molecular weight is 396 g/mol. The van der Waals surface area contributed by atoms with Crippen LogP contribution in [0.1, 0.15) is 27.8 Å². The summed E-state index contributed by atoms with van der Waals surface area (Å²) in [4.78, 5) is 20.6. The van der Waals surface area contributed by atoms with E-state index in [1.807, 2.05) is 28.8 Å². The molecule has 0 saturated heterocycles. The van der Waals surface area contributed by atoms with Crippen LogP contribution in [-0.4, -0.2) is 21.0 Å². The molecule has 5 rings (SSSR count). The van der Waals surface area contributed by atoms with E-state index in [2.05, 4.69) is 59.3 Å². The summed E-state index contributed by atoms with van der Waals surface area (Å²) < 4.78 is 1.85. The third-order valence-electron chi connectivity index (χ3n) is 6.13. The molecule has 0 saturated carbocycles. The number of pyridine rings is 2. The van der Waals surface area contributed by atoms with Gasteiger partial charge in [0.15, 0.2) is 0 Å². The Hall–Kier alpha value is -3.24. The Balaban J connectivity index is 1.56. The Morgan fingerprint density at radius 1 is 0.900 bits per heavy atom. The molecule has 0 aliphatic carbocycles. The molecule has 0 bridgehead atoms. The van der Waals surface area contributed by atoms with Crippen molar-refractivity contribution in [1.29, 1.82) is 0 Å². The quantitative estimate of drug-likeness (QED) is 0.517. The van der Waals surface area contributed by atoms with Gasteiger partial charge in [-0.3, -0.25) is 14.3 Å². The molecule has 1 aliphatic heterocycles. The third kappa shape index (κ3) is 3.44. The van der Waals surface area contributed by atoms with E-state index in [1.165, 1.54) is 16.7 Å².